The van der Waals surface area contributed by atoms with Crippen LogP contribution in [-0.2, 0) is 11.3 Å². The summed E-state index contributed by atoms with van der Waals surface area (Å²) in [5.41, 5.74) is 1.69. The molecule has 0 atom stereocenters. The summed E-state index contributed by atoms with van der Waals surface area (Å²) in [6.45, 7) is 4.12. The summed E-state index contributed by atoms with van der Waals surface area (Å²) in [7, 11) is 0. The van der Waals surface area contributed by atoms with Crippen LogP contribution in [-0.4, -0.2) is 10.9 Å². The lowest BCUT2D eigenvalue weighted by molar-refractivity contribution is -0.117. The number of rotatable bonds is 5. The number of nitriles is 1. The third-order valence-electron chi connectivity index (χ3n) is 3.13. The van der Waals surface area contributed by atoms with E-state index in [1.54, 1.807) is 6.07 Å². The fourth-order valence-corrected chi connectivity index (χ4v) is 2.72. The van der Waals surface area contributed by atoms with Crippen LogP contribution in [0, 0.1) is 25.2 Å². The third-order valence-corrected chi connectivity index (χ3v) is 4.50. The number of nitrogens with zero attached hydrogens (tertiary/aromatic N) is 2. The Balaban J connectivity index is 1.99. The quantitative estimate of drug-likeness (QED) is 0.641. The van der Waals surface area contributed by atoms with Gasteiger partial charge in [0.05, 0.1) is 5.69 Å². The highest BCUT2D eigenvalue weighted by atomic mass is 35.5. The summed E-state index contributed by atoms with van der Waals surface area (Å²) in [6.07, 6.45) is 1.36. The fourth-order valence-electron chi connectivity index (χ4n) is 1.73. The van der Waals surface area contributed by atoms with E-state index in [9.17, 15) is 4.79 Å². The zero-order valence-electron chi connectivity index (χ0n) is 12.7. The SMILES string of the molecule is Cc1nc(N/C=C(/C#N)C(=O)NCc2ccccc2Cl)sc1C. The van der Waals surface area contributed by atoms with Crippen molar-refractivity contribution in [2.75, 3.05) is 5.32 Å². The van der Waals surface area contributed by atoms with Gasteiger partial charge in [-0.2, -0.15) is 5.26 Å². The summed E-state index contributed by atoms with van der Waals surface area (Å²) in [4.78, 5) is 17.4. The van der Waals surface area contributed by atoms with Gasteiger partial charge in [0.25, 0.3) is 5.91 Å². The van der Waals surface area contributed by atoms with Crippen molar-refractivity contribution in [1.29, 1.82) is 5.26 Å². The van der Waals surface area contributed by atoms with E-state index >= 15 is 0 Å². The Morgan fingerprint density at radius 1 is 1.43 bits per heavy atom. The molecule has 2 aromatic rings. The van der Waals surface area contributed by atoms with E-state index in [2.05, 4.69) is 15.6 Å². The first-order valence-electron chi connectivity index (χ1n) is 6.83. The molecule has 5 nitrogen and oxygen atoms in total. The number of nitrogens with one attached hydrogen (secondary N) is 2. The van der Waals surface area contributed by atoms with Gasteiger partial charge >= 0.3 is 0 Å². The first-order chi connectivity index (χ1) is 11.0. The molecule has 1 heterocycles. The molecule has 118 valence electrons. The maximum absolute atomic E-state index is 12.1. The predicted molar refractivity (Wildman–Crippen MR) is 92.2 cm³/mol. The van der Waals surface area contributed by atoms with E-state index in [-0.39, 0.29) is 12.1 Å². The molecule has 0 saturated heterocycles. The number of aromatic nitrogens is 1. The zero-order chi connectivity index (χ0) is 16.8. The maximum Gasteiger partial charge on any atom is 0.263 e. The number of thiazole rings is 1. The van der Waals surface area contributed by atoms with Crippen molar-refractivity contribution in [3.63, 3.8) is 0 Å². The molecule has 0 unspecified atom stereocenters. The van der Waals surface area contributed by atoms with Gasteiger partial charge in [0.2, 0.25) is 0 Å². The normalized spacial score (nSPS) is 11.0. The average Bonchev–Trinajstić information content (AvgIpc) is 2.85. The van der Waals surface area contributed by atoms with Crippen LogP contribution >= 0.6 is 22.9 Å². The number of amides is 1. The molecular formula is C16H15ClN4OS. The second-order valence-corrected chi connectivity index (χ2v) is 6.36. The molecule has 0 radical (unpaired) electrons. The summed E-state index contributed by atoms with van der Waals surface area (Å²) in [6, 6.07) is 9.09. The van der Waals surface area contributed by atoms with Gasteiger partial charge in [0.15, 0.2) is 5.13 Å². The van der Waals surface area contributed by atoms with Crippen LogP contribution < -0.4 is 10.6 Å². The van der Waals surface area contributed by atoms with Crippen molar-refractivity contribution in [2.45, 2.75) is 20.4 Å². The minimum atomic E-state index is -0.468. The van der Waals surface area contributed by atoms with E-state index in [0.717, 1.165) is 16.1 Å². The second-order valence-electron chi connectivity index (χ2n) is 4.75. The van der Waals surface area contributed by atoms with Gasteiger partial charge < -0.3 is 10.6 Å². The Bertz CT molecular complexity index is 772. The molecule has 0 spiro atoms. The number of carbonyl (C=O) groups excluding carboxylic acids is 1. The standard InChI is InChI=1S/C16H15ClN4OS/c1-10-11(2)23-16(21-10)20-9-13(7-18)15(22)19-8-12-5-3-4-6-14(12)17/h3-6,9H,8H2,1-2H3,(H,19,22)(H,20,21)/b13-9-. The highest BCUT2D eigenvalue weighted by Crippen LogP contribution is 2.21. The van der Waals surface area contributed by atoms with Gasteiger partial charge in [-0.1, -0.05) is 29.8 Å². The van der Waals surface area contributed by atoms with E-state index in [1.165, 1.54) is 17.5 Å². The number of benzene rings is 1. The van der Waals surface area contributed by atoms with Crippen molar-refractivity contribution < 1.29 is 4.79 Å². The monoisotopic (exact) mass is 346 g/mol. The minimum absolute atomic E-state index is 0.0254. The first kappa shape index (κ1) is 17.0. The van der Waals surface area contributed by atoms with Gasteiger partial charge in [-0.05, 0) is 25.5 Å². The van der Waals surface area contributed by atoms with E-state index < -0.39 is 5.91 Å². The van der Waals surface area contributed by atoms with Gasteiger partial charge in [0, 0.05) is 22.6 Å². The Hall–Kier alpha value is -2.36. The Labute approximate surface area is 143 Å². The van der Waals surface area contributed by atoms with Crippen LogP contribution in [0.15, 0.2) is 36.0 Å². The third kappa shape index (κ3) is 4.55. The molecule has 1 aromatic carbocycles. The highest BCUT2D eigenvalue weighted by Gasteiger charge is 2.10. The lowest BCUT2D eigenvalue weighted by Crippen LogP contribution is -2.24. The molecule has 0 fully saturated rings. The summed E-state index contributed by atoms with van der Waals surface area (Å²) >= 11 is 7.49. The molecule has 0 aliphatic carbocycles. The van der Waals surface area contributed by atoms with Crippen LogP contribution in [0.1, 0.15) is 16.1 Å². The summed E-state index contributed by atoms with van der Waals surface area (Å²) in [5.74, 6) is -0.468. The van der Waals surface area contributed by atoms with Crippen molar-refractivity contribution in [2.24, 2.45) is 0 Å². The number of hydrogen-bond donors (Lipinski definition) is 2. The smallest absolute Gasteiger partial charge is 0.263 e. The first-order valence-corrected chi connectivity index (χ1v) is 8.03. The largest absolute Gasteiger partial charge is 0.347 e. The molecule has 1 amide bonds. The van der Waals surface area contributed by atoms with Crippen LogP contribution in [0.4, 0.5) is 5.13 Å². The number of aryl methyl sites for hydroxylation is 2. The summed E-state index contributed by atoms with van der Waals surface area (Å²) < 4.78 is 0. The predicted octanol–water partition coefficient (Wildman–Crippen LogP) is 3.55. The van der Waals surface area contributed by atoms with E-state index in [4.69, 9.17) is 16.9 Å². The highest BCUT2D eigenvalue weighted by molar-refractivity contribution is 7.15. The Morgan fingerprint density at radius 2 is 2.17 bits per heavy atom. The molecular weight excluding hydrogens is 332 g/mol. The van der Waals surface area contributed by atoms with Crippen LogP contribution in [0.3, 0.4) is 0 Å². The maximum atomic E-state index is 12.1. The van der Waals surface area contributed by atoms with Crippen LogP contribution in [0.5, 0.6) is 0 Å². The Kier molecular flexibility index (Phi) is 5.74. The molecule has 2 rings (SSSR count). The number of halogens is 1. The van der Waals surface area contributed by atoms with Gasteiger partial charge in [-0.25, -0.2) is 4.98 Å². The molecule has 0 bridgehead atoms. The lowest BCUT2D eigenvalue weighted by atomic mass is 10.2. The zero-order valence-corrected chi connectivity index (χ0v) is 14.3. The molecule has 23 heavy (non-hydrogen) atoms. The van der Waals surface area contributed by atoms with Crippen molar-refractivity contribution >= 4 is 34.0 Å². The molecule has 0 aliphatic rings. The van der Waals surface area contributed by atoms with Gasteiger partial charge in [-0.15, -0.1) is 11.3 Å². The summed E-state index contributed by atoms with van der Waals surface area (Å²) in [5, 5.41) is 15.9. The number of anilines is 1. The molecule has 1 aromatic heterocycles. The van der Waals surface area contributed by atoms with Gasteiger partial charge in [0.1, 0.15) is 11.6 Å². The molecule has 0 aliphatic heterocycles. The second kappa shape index (κ2) is 7.77. The van der Waals surface area contributed by atoms with Crippen molar-refractivity contribution in [3.8, 4) is 6.07 Å². The van der Waals surface area contributed by atoms with Crippen LogP contribution in [0.25, 0.3) is 0 Å². The average molecular weight is 347 g/mol. The van der Waals surface area contributed by atoms with Crippen molar-refractivity contribution in [1.82, 2.24) is 10.3 Å². The minimum Gasteiger partial charge on any atom is -0.347 e. The number of carbonyl (C=O) groups is 1. The fraction of sp³-hybridized carbons (Fsp3) is 0.188. The topological polar surface area (TPSA) is 77.8 Å². The van der Waals surface area contributed by atoms with E-state index in [0.29, 0.717) is 10.2 Å². The lowest BCUT2D eigenvalue weighted by Gasteiger charge is -2.06. The Morgan fingerprint density at radius 3 is 2.78 bits per heavy atom. The molecule has 7 heteroatoms. The van der Waals surface area contributed by atoms with Gasteiger partial charge in [-0.3, -0.25) is 4.79 Å². The molecule has 2 N–H and O–H groups in total. The van der Waals surface area contributed by atoms with E-state index in [1.807, 2.05) is 38.1 Å². The van der Waals surface area contributed by atoms with Crippen molar-refractivity contribution in [3.05, 3.63) is 57.2 Å². The molecule has 0 saturated carbocycles. The number of hydrogen-bond acceptors (Lipinski definition) is 5. The van der Waals surface area contributed by atoms with Crippen LogP contribution in [0.2, 0.25) is 5.02 Å².